The van der Waals surface area contributed by atoms with Crippen molar-refractivity contribution in [3.8, 4) is 0 Å². The van der Waals surface area contributed by atoms with Crippen LogP contribution in [0.5, 0.6) is 0 Å². The standard InChI is InChI=1S/C26H33BrFN3O2/c27-18-6-5-17(15-19(18)28)16-26(23(30)33)21-8-7-20(24(21)10-11-24)25(26,22(29)32)9-1-2-12-31-13-3-4-14-31/h5-8,15,20-21H,1-4,9-14,16H2,(H2,29,32)(H2,30,33)/t20-,21+,25+,26+/m1/s1. The molecule has 4 atom stereocenters. The third-order valence-corrected chi connectivity index (χ3v) is 9.90. The molecule has 178 valence electrons. The van der Waals surface area contributed by atoms with E-state index in [9.17, 15) is 14.0 Å². The van der Waals surface area contributed by atoms with Crippen molar-refractivity contribution in [2.24, 2.45) is 39.5 Å². The summed E-state index contributed by atoms with van der Waals surface area (Å²) in [6.07, 6.45) is 11.2. The van der Waals surface area contributed by atoms with Gasteiger partial charge >= 0.3 is 0 Å². The molecule has 1 aliphatic heterocycles. The maximum atomic E-state index is 14.4. The molecule has 33 heavy (non-hydrogen) atoms. The van der Waals surface area contributed by atoms with Gasteiger partial charge in [-0.25, -0.2) is 4.39 Å². The van der Waals surface area contributed by atoms with Gasteiger partial charge in [-0.2, -0.15) is 0 Å². The molecule has 5 rings (SSSR count). The van der Waals surface area contributed by atoms with Gasteiger partial charge in [0.1, 0.15) is 5.82 Å². The minimum absolute atomic E-state index is 0.0768. The number of halogens is 2. The summed E-state index contributed by atoms with van der Waals surface area (Å²) < 4.78 is 14.8. The molecule has 2 saturated carbocycles. The molecule has 0 radical (unpaired) electrons. The Kier molecular flexibility index (Phi) is 5.72. The lowest BCUT2D eigenvalue weighted by molar-refractivity contribution is -0.151. The van der Waals surface area contributed by atoms with Crippen molar-refractivity contribution in [3.05, 3.63) is 46.2 Å². The van der Waals surface area contributed by atoms with Crippen LogP contribution < -0.4 is 11.5 Å². The van der Waals surface area contributed by atoms with Crippen LogP contribution in [0, 0.1) is 33.9 Å². The van der Waals surface area contributed by atoms with Crippen LogP contribution >= 0.6 is 15.9 Å². The van der Waals surface area contributed by atoms with E-state index in [1.54, 1.807) is 6.07 Å². The summed E-state index contributed by atoms with van der Waals surface area (Å²) in [4.78, 5) is 29.3. The van der Waals surface area contributed by atoms with Crippen LogP contribution in [0.1, 0.15) is 50.5 Å². The maximum Gasteiger partial charge on any atom is 0.225 e. The van der Waals surface area contributed by atoms with Gasteiger partial charge in [0.05, 0.1) is 15.3 Å². The first-order valence-corrected chi connectivity index (χ1v) is 13.0. The fourth-order valence-electron chi connectivity index (χ4n) is 7.75. The number of hydrogen-bond acceptors (Lipinski definition) is 3. The fourth-order valence-corrected chi connectivity index (χ4v) is 8.00. The molecule has 3 fully saturated rings. The summed E-state index contributed by atoms with van der Waals surface area (Å²) >= 11 is 3.20. The summed E-state index contributed by atoms with van der Waals surface area (Å²) in [6, 6.07) is 4.91. The first-order valence-electron chi connectivity index (χ1n) is 12.2. The lowest BCUT2D eigenvalue weighted by Crippen LogP contribution is -2.60. The molecular weight excluding hydrogens is 485 g/mol. The summed E-state index contributed by atoms with van der Waals surface area (Å²) in [5.41, 5.74) is 10.8. The van der Waals surface area contributed by atoms with Gasteiger partial charge in [-0.05, 0) is 115 Å². The Morgan fingerprint density at radius 3 is 2.24 bits per heavy atom. The minimum Gasteiger partial charge on any atom is -0.369 e. The zero-order valence-electron chi connectivity index (χ0n) is 19.0. The monoisotopic (exact) mass is 517 g/mol. The van der Waals surface area contributed by atoms with Crippen LogP contribution in [-0.4, -0.2) is 36.3 Å². The number of unbranched alkanes of at least 4 members (excludes halogenated alkanes) is 1. The Labute approximate surface area is 203 Å². The highest BCUT2D eigenvalue weighted by molar-refractivity contribution is 9.10. The highest BCUT2D eigenvalue weighted by Gasteiger charge is 2.81. The second-order valence-corrected chi connectivity index (χ2v) is 11.5. The number of likely N-dealkylation sites (tertiary alicyclic amines) is 1. The second-order valence-electron chi connectivity index (χ2n) is 10.7. The van der Waals surface area contributed by atoms with Crippen LogP contribution in [0.2, 0.25) is 0 Å². The van der Waals surface area contributed by atoms with E-state index in [-0.39, 0.29) is 29.5 Å². The lowest BCUT2D eigenvalue weighted by atomic mass is 9.53. The van der Waals surface area contributed by atoms with Crippen LogP contribution in [0.15, 0.2) is 34.8 Å². The highest BCUT2D eigenvalue weighted by Crippen LogP contribution is 2.81. The predicted molar refractivity (Wildman–Crippen MR) is 128 cm³/mol. The van der Waals surface area contributed by atoms with Crippen molar-refractivity contribution in [3.63, 3.8) is 0 Å². The van der Waals surface area contributed by atoms with Gasteiger partial charge in [0.25, 0.3) is 0 Å². The van der Waals surface area contributed by atoms with Crippen LogP contribution in [0.25, 0.3) is 0 Å². The molecule has 3 aliphatic carbocycles. The summed E-state index contributed by atoms with van der Waals surface area (Å²) in [5.74, 6) is -1.50. The maximum absolute atomic E-state index is 14.4. The zero-order chi connectivity index (χ0) is 23.4. The topological polar surface area (TPSA) is 89.4 Å². The highest BCUT2D eigenvalue weighted by atomic mass is 79.9. The summed E-state index contributed by atoms with van der Waals surface area (Å²) in [5, 5.41) is 0. The van der Waals surface area contributed by atoms with E-state index in [0.29, 0.717) is 16.5 Å². The van der Waals surface area contributed by atoms with E-state index >= 15 is 0 Å². The van der Waals surface area contributed by atoms with E-state index in [0.717, 1.165) is 45.3 Å². The number of nitrogens with zero attached hydrogens (tertiary/aromatic N) is 1. The van der Waals surface area contributed by atoms with Crippen LogP contribution in [0.4, 0.5) is 4.39 Å². The number of amides is 2. The van der Waals surface area contributed by atoms with E-state index in [4.69, 9.17) is 11.5 Å². The Morgan fingerprint density at radius 1 is 1.03 bits per heavy atom. The summed E-state index contributed by atoms with van der Waals surface area (Å²) in [6.45, 7) is 3.28. The zero-order valence-corrected chi connectivity index (χ0v) is 20.6. The molecular formula is C26H33BrFN3O2. The largest absolute Gasteiger partial charge is 0.369 e. The Morgan fingerprint density at radius 2 is 1.67 bits per heavy atom. The van der Waals surface area contributed by atoms with Gasteiger partial charge in [-0.1, -0.05) is 24.6 Å². The third-order valence-electron chi connectivity index (χ3n) is 9.26. The van der Waals surface area contributed by atoms with E-state index in [2.05, 4.69) is 33.0 Å². The molecule has 4 aliphatic rings. The van der Waals surface area contributed by atoms with E-state index in [1.807, 2.05) is 6.07 Å². The average molecular weight is 518 g/mol. The van der Waals surface area contributed by atoms with E-state index < -0.39 is 22.6 Å². The number of nitrogens with two attached hydrogens (primary N) is 2. The van der Waals surface area contributed by atoms with Gasteiger partial charge in [0.2, 0.25) is 11.8 Å². The van der Waals surface area contributed by atoms with Crippen molar-refractivity contribution in [1.82, 2.24) is 4.90 Å². The molecule has 0 unspecified atom stereocenters. The van der Waals surface area contributed by atoms with Gasteiger partial charge in [0.15, 0.2) is 0 Å². The van der Waals surface area contributed by atoms with Crippen molar-refractivity contribution in [2.45, 2.75) is 51.4 Å². The van der Waals surface area contributed by atoms with E-state index in [1.165, 1.54) is 18.9 Å². The number of benzene rings is 1. The number of carbonyl (C=O) groups excluding carboxylic acids is 2. The van der Waals surface area contributed by atoms with Gasteiger partial charge < -0.3 is 16.4 Å². The third kappa shape index (κ3) is 3.25. The first-order chi connectivity index (χ1) is 15.8. The van der Waals surface area contributed by atoms with Crippen LogP contribution in [-0.2, 0) is 16.0 Å². The number of carbonyl (C=O) groups is 2. The Bertz CT molecular complexity index is 1000. The number of rotatable bonds is 9. The fraction of sp³-hybridized carbons (Fsp3) is 0.615. The lowest BCUT2D eigenvalue weighted by Gasteiger charge is -2.48. The molecule has 1 saturated heterocycles. The molecule has 2 amide bonds. The second kappa shape index (κ2) is 8.19. The summed E-state index contributed by atoms with van der Waals surface area (Å²) in [7, 11) is 0. The van der Waals surface area contributed by atoms with Gasteiger partial charge in [0, 0.05) is 0 Å². The van der Waals surface area contributed by atoms with Crippen LogP contribution in [0.3, 0.4) is 0 Å². The molecule has 4 N–H and O–H groups in total. The van der Waals surface area contributed by atoms with Gasteiger partial charge in [-0.15, -0.1) is 0 Å². The average Bonchev–Trinajstić information content (AvgIpc) is 3.14. The Hall–Kier alpha value is -1.73. The number of hydrogen-bond donors (Lipinski definition) is 2. The Balaban J connectivity index is 1.52. The minimum atomic E-state index is -1.14. The molecule has 1 aromatic rings. The van der Waals surface area contributed by atoms with Gasteiger partial charge in [-0.3, -0.25) is 9.59 Å². The number of allylic oxidation sites excluding steroid dienone is 2. The SMILES string of the molecule is NC(=O)[C@]1(CCCCN2CCCC2)[C@@H]2C=C[C@@H](C23CC3)[C@@]1(Cc1ccc(Br)c(F)c1)C(N)=O. The first kappa shape index (κ1) is 23.0. The molecule has 1 heterocycles. The molecule has 1 spiro atoms. The quantitative estimate of drug-likeness (QED) is 0.384. The molecule has 0 aromatic heterocycles. The normalized spacial score (nSPS) is 33.8. The molecule has 2 bridgehead atoms. The smallest absolute Gasteiger partial charge is 0.225 e. The van der Waals surface area contributed by atoms with Crippen molar-refractivity contribution < 1.29 is 14.0 Å². The predicted octanol–water partition coefficient (Wildman–Crippen LogP) is 3.94. The molecule has 7 heteroatoms. The molecule has 1 aromatic carbocycles. The van der Waals surface area contributed by atoms with Crippen molar-refractivity contribution >= 4 is 27.7 Å². The van der Waals surface area contributed by atoms with Crippen molar-refractivity contribution in [1.29, 1.82) is 0 Å². The number of primary amides is 2. The van der Waals surface area contributed by atoms with Crippen molar-refractivity contribution in [2.75, 3.05) is 19.6 Å². The molecule has 5 nitrogen and oxygen atoms in total.